The van der Waals surface area contributed by atoms with Crippen LogP contribution in [-0.4, -0.2) is 55.6 Å². The second-order valence-corrected chi connectivity index (χ2v) is 5.52. The summed E-state index contributed by atoms with van der Waals surface area (Å²) in [5.41, 5.74) is 3.09. The van der Waals surface area contributed by atoms with Crippen molar-refractivity contribution in [2.75, 3.05) is 39.4 Å². The molecule has 0 spiro atoms. The molecule has 0 atom stereocenters. The largest absolute Gasteiger partial charge is 0.379 e. The van der Waals surface area contributed by atoms with Gasteiger partial charge in [0.2, 0.25) is 0 Å². The molecule has 1 aromatic carbocycles. The Labute approximate surface area is 139 Å². The van der Waals surface area contributed by atoms with E-state index in [9.17, 15) is 8.78 Å². The van der Waals surface area contributed by atoms with Crippen molar-refractivity contribution in [3.8, 4) is 0 Å². The Kier molecular flexibility index (Phi) is 7.31. The van der Waals surface area contributed by atoms with Crippen LogP contribution in [0, 0.1) is 11.6 Å². The van der Waals surface area contributed by atoms with Gasteiger partial charge in [-0.25, -0.2) is 8.78 Å². The summed E-state index contributed by atoms with van der Waals surface area (Å²) in [5, 5.41) is 7.32. The average Bonchev–Trinajstić information content (AvgIpc) is 2.56. The molecule has 1 aromatic rings. The van der Waals surface area contributed by atoms with Crippen LogP contribution in [0.5, 0.6) is 0 Å². The summed E-state index contributed by atoms with van der Waals surface area (Å²) in [4.78, 5) is 2.35. The van der Waals surface area contributed by atoms with E-state index in [1.807, 2.05) is 0 Å². The van der Waals surface area contributed by atoms with Crippen molar-refractivity contribution < 1.29 is 13.5 Å². The first-order chi connectivity index (χ1) is 11.1. The molecular formula is C15H20F2N4OS. The molecule has 5 nitrogen and oxygen atoms in total. The minimum Gasteiger partial charge on any atom is -0.379 e. The van der Waals surface area contributed by atoms with Crippen LogP contribution < -0.4 is 10.7 Å². The summed E-state index contributed by atoms with van der Waals surface area (Å²) >= 11 is 5.08. The zero-order chi connectivity index (χ0) is 16.5. The van der Waals surface area contributed by atoms with Crippen LogP contribution >= 0.6 is 12.2 Å². The quantitative estimate of drug-likeness (QED) is 0.355. The summed E-state index contributed by atoms with van der Waals surface area (Å²) in [5.74, 6) is -1.79. The van der Waals surface area contributed by atoms with Gasteiger partial charge in [-0.2, -0.15) is 5.10 Å². The summed E-state index contributed by atoms with van der Waals surface area (Å²) in [6.07, 6.45) is 2.35. The SMILES string of the molecule is Fc1ccc(/C=N/NC(=S)NCCCN2CCOCC2)cc1F. The second-order valence-electron chi connectivity index (χ2n) is 5.11. The fourth-order valence-electron chi connectivity index (χ4n) is 2.13. The molecule has 126 valence electrons. The number of rotatable bonds is 6. The highest BCUT2D eigenvalue weighted by Crippen LogP contribution is 2.06. The minimum absolute atomic E-state index is 0.394. The molecule has 2 N–H and O–H groups in total. The number of hydrogen-bond donors (Lipinski definition) is 2. The lowest BCUT2D eigenvalue weighted by Crippen LogP contribution is -2.39. The van der Waals surface area contributed by atoms with Crippen LogP contribution in [0.2, 0.25) is 0 Å². The highest BCUT2D eigenvalue weighted by molar-refractivity contribution is 7.80. The average molecular weight is 342 g/mol. The standard InChI is InChI=1S/C15H20F2N4OS/c16-13-3-2-12(10-14(13)17)11-19-20-15(23)18-4-1-5-21-6-8-22-9-7-21/h2-3,10-11H,1,4-9H2,(H2,18,20,23)/b19-11+. The first-order valence-corrected chi connectivity index (χ1v) is 7.88. The Morgan fingerprint density at radius 2 is 2.09 bits per heavy atom. The van der Waals surface area contributed by atoms with Crippen molar-refractivity contribution >= 4 is 23.5 Å². The Hall–Kier alpha value is -1.64. The molecule has 23 heavy (non-hydrogen) atoms. The number of nitrogens with one attached hydrogen (secondary N) is 2. The Morgan fingerprint density at radius 1 is 1.30 bits per heavy atom. The Morgan fingerprint density at radius 3 is 2.83 bits per heavy atom. The van der Waals surface area contributed by atoms with Crippen LogP contribution in [-0.2, 0) is 4.74 Å². The van der Waals surface area contributed by atoms with Crippen LogP contribution in [0.15, 0.2) is 23.3 Å². The maximum Gasteiger partial charge on any atom is 0.186 e. The maximum absolute atomic E-state index is 13.0. The molecule has 0 aliphatic carbocycles. The topological polar surface area (TPSA) is 48.9 Å². The molecule has 1 aliphatic rings. The van der Waals surface area contributed by atoms with Gasteiger partial charge in [-0.3, -0.25) is 10.3 Å². The zero-order valence-corrected chi connectivity index (χ0v) is 13.5. The first kappa shape index (κ1) is 17.7. The van der Waals surface area contributed by atoms with Gasteiger partial charge in [0.15, 0.2) is 16.7 Å². The van der Waals surface area contributed by atoms with E-state index in [1.54, 1.807) is 0 Å². The van der Waals surface area contributed by atoms with Crippen LogP contribution in [0.4, 0.5) is 8.78 Å². The van der Waals surface area contributed by atoms with E-state index in [0.29, 0.717) is 10.7 Å². The predicted octanol–water partition coefficient (Wildman–Crippen LogP) is 1.49. The third-order valence-corrected chi connectivity index (χ3v) is 3.60. The lowest BCUT2D eigenvalue weighted by molar-refractivity contribution is 0.0376. The van der Waals surface area contributed by atoms with Gasteiger partial charge in [0, 0.05) is 19.6 Å². The van der Waals surface area contributed by atoms with E-state index >= 15 is 0 Å². The number of benzene rings is 1. The molecule has 0 saturated carbocycles. The third-order valence-electron chi connectivity index (χ3n) is 3.36. The van der Waals surface area contributed by atoms with E-state index in [4.69, 9.17) is 17.0 Å². The van der Waals surface area contributed by atoms with E-state index in [2.05, 4.69) is 20.7 Å². The fraction of sp³-hybridized carbons (Fsp3) is 0.467. The summed E-state index contributed by atoms with van der Waals surface area (Å²) in [6.45, 7) is 5.28. The summed E-state index contributed by atoms with van der Waals surface area (Å²) < 4.78 is 31.1. The monoisotopic (exact) mass is 342 g/mol. The van der Waals surface area contributed by atoms with Gasteiger partial charge in [-0.15, -0.1) is 0 Å². The number of hydrogen-bond acceptors (Lipinski definition) is 4. The highest BCUT2D eigenvalue weighted by Gasteiger charge is 2.09. The molecule has 1 fully saturated rings. The number of halogens is 2. The lowest BCUT2D eigenvalue weighted by atomic mass is 10.2. The van der Waals surface area contributed by atoms with Gasteiger partial charge in [0.25, 0.3) is 0 Å². The highest BCUT2D eigenvalue weighted by atomic mass is 32.1. The molecule has 1 saturated heterocycles. The van der Waals surface area contributed by atoms with E-state index < -0.39 is 11.6 Å². The fourth-order valence-corrected chi connectivity index (χ4v) is 2.28. The van der Waals surface area contributed by atoms with Crippen LogP contribution in [0.3, 0.4) is 0 Å². The van der Waals surface area contributed by atoms with Gasteiger partial charge in [-0.1, -0.05) is 6.07 Å². The molecule has 0 unspecified atom stereocenters. The maximum atomic E-state index is 13.0. The van der Waals surface area contributed by atoms with Gasteiger partial charge >= 0.3 is 0 Å². The summed E-state index contributed by atoms with van der Waals surface area (Å²) in [7, 11) is 0. The normalized spacial score (nSPS) is 15.7. The van der Waals surface area contributed by atoms with Crippen LogP contribution in [0.25, 0.3) is 0 Å². The second kappa shape index (κ2) is 9.49. The van der Waals surface area contributed by atoms with Crippen molar-refractivity contribution in [3.05, 3.63) is 35.4 Å². The molecular weight excluding hydrogens is 322 g/mol. The van der Waals surface area contributed by atoms with E-state index in [0.717, 1.165) is 57.9 Å². The lowest BCUT2D eigenvalue weighted by Gasteiger charge is -2.26. The minimum atomic E-state index is -0.905. The smallest absolute Gasteiger partial charge is 0.186 e. The first-order valence-electron chi connectivity index (χ1n) is 7.47. The van der Waals surface area contributed by atoms with Crippen molar-refractivity contribution in [3.63, 3.8) is 0 Å². The van der Waals surface area contributed by atoms with Gasteiger partial charge < -0.3 is 10.1 Å². The number of nitrogens with zero attached hydrogens (tertiary/aromatic N) is 2. The van der Waals surface area contributed by atoms with Gasteiger partial charge in [0.05, 0.1) is 19.4 Å². The molecule has 8 heteroatoms. The zero-order valence-electron chi connectivity index (χ0n) is 12.7. The molecule has 0 bridgehead atoms. The van der Waals surface area contributed by atoms with E-state index in [-0.39, 0.29) is 0 Å². The third kappa shape index (κ3) is 6.55. The number of hydrazone groups is 1. The van der Waals surface area contributed by atoms with Crippen molar-refractivity contribution in [2.45, 2.75) is 6.42 Å². The molecule has 0 amide bonds. The number of thiocarbonyl (C=S) groups is 1. The molecule has 0 aromatic heterocycles. The van der Waals surface area contributed by atoms with Crippen molar-refractivity contribution in [2.24, 2.45) is 5.10 Å². The Balaban J connectivity index is 1.60. The van der Waals surface area contributed by atoms with Crippen molar-refractivity contribution in [1.82, 2.24) is 15.6 Å². The van der Waals surface area contributed by atoms with Crippen molar-refractivity contribution in [1.29, 1.82) is 0 Å². The molecule has 0 radical (unpaired) electrons. The summed E-state index contributed by atoms with van der Waals surface area (Å²) in [6, 6.07) is 3.56. The predicted molar refractivity (Wildman–Crippen MR) is 89.6 cm³/mol. The Bertz CT molecular complexity index is 550. The van der Waals surface area contributed by atoms with Gasteiger partial charge in [-0.05, 0) is 42.9 Å². The molecule has 1 heterocycles. The van der Waals surface area contributed by atoms with E-state index in [1.165, 1.54) is 12.3 Å². The molecule has 2 rings (SSSR count). The number of ether oxygens (including phenoxy) is 1. The molecule has 1 aliphatic heterocycles. The van der Waals surface area contributed by atoms with Crippen LogP contribution in [0.1, 0.15) is 12.0 Å². The van der Waals surface area contributed by atoms with Gasteiger partial charge in [0.1, 0.15) is 0 Å². The number of morpholine rings is 1.